The van der Waals surface area contributed by atoms with Crippen molar-refractivity contribution in [2.75, 3.05) is 0 Å². The molecule has 2 aromatic rings. The number of ether oxygens (including phenoxy) is 2. The second kappa shape index (κ2) is 8.32. The fourth-order valence-corrected chi connectivity index (χ4v) is 3.70. The van der Waals surface area contributed by atoms with E-state index < -0.39 is 11.9 Å². The van der Waals surface area contributed by atoms with Gasteiger partial charge in [0.05, 0.1) is 0 Å². The molecule has 3 nitrogen and oxygen atoms in total. The average Bonchev–Trinajstić information content (AvgIpc) is 2.95. The normalized spacial score (nSPS) is 20.5. The highest BCUT2D eigenvalue weighted by Gasteiger charge is 2.44. The summed E-state index contributed by atoms with van der Waals surface area (Å²) in [6, 6.07) is 18.6. The number of cyclic esters (lactones) is 1. The molecule has 0 aliphatic carbocycles. The maximum absolute atomic E-state index is 12.8. The van der Waals surface area contributed by atoms with Crippen molar-refractivity contribution in [2.45, 2.75) is 59.4 Å². The lowest BCUT2D eigenvalue weighted by Crippen LogP contribution is -2.24. The molecule has 0 aromatic heterocycles. The Morgan fingerprint density at radius 1 is 1.07 bits per heavy atom. The standard InChI is InChI=1S/C25H30O3/c1-6-17(2)16-21(23-24(26)28-25(4,5)27-23)22(19-13-8-7-9-14-19)20-15-11-10-12-18(20)3/h7-15,17,23H,6,16H2,1-5H3. The lowest BCUT2D eigenvalue weighted by Gasteiger charge is -2.24. The van der Waals surface area contributed by atoms with Crippen LogP contribution in [0.25, 0.3) is 5.57 Å². The fourth-order valence-electron chi connectivity index (χ4n) is 3.70. The fraction of sp³-hybridized carbons (Fsp3) is 0.400. The van der Waals surface area contributed by atoms with E-state index in [0.717, 1.165) is 35.1 Å². The Balaban J connectivity index is 2.27. The molecule has 148 valence electrons. The van der Waals surface area contributed by atoms with Gasteiger partial charge in [0.2, 0.25) is 5.79 Å². The third-order valence-electron chi connectivity index (χ3n) is 5.34. The van der Waals surface area contributed by atoms with Crippen LogP contribution in [-0.2, 0) is 14.3 Å². The Labute approximate surface area is 168 Å². The molecular weight excluding hydrogens is 348 g/mol. The molecule has 28 heavy (non-hydrogen) atoms. The van der Waals surface area contributed by atoms with Crippen molar-refractivity contribution in [1.82, 2.24) is 0 Å². The number of benzene rings is 2. The summed E-state index contributed by atoms with van der Waals surface area (Å²) >= 11 is 0. The number of carbonyl (C=O) groups excluding carboxylic acids is 1. The minimum Gasteiger partial charge on any atom is -0.431 e. The van der Waals surface area contributed by atoms with Gasteiger partial charge < -0.3 is 9.47 Å². The van der Waals surface area contributed by atoms with Crippen LogP contribution in [0.5, 0.6) is 0 Å². The van der Waals surface area contributed by atoms with E-state index in [-0.39, 0.29) is 5.97 Å². The number of hydrogen-bond donors (Lipinski definition) is 0. The van der Waals surface area contributed by atoms with Gasteiger partial charge in [0, 0.05) is 13.8 Å². The van der Waals surface area contributed by atoms with Crippen molar-refractivity contribution in [1.29, 1.82) is 0 Å². The molecule has 1 aliphatic heterocycles. The highest BCUT2D eigenvalue weighted by atomic mass is 16.8. The summed E-state index contributed by atoms with van der Waals surface area (Å²) in [5, 5.41) is 0. The topological polar surface area (TPSA) is 35.5 Å². The largest absolute Gasteiger partial charge is 0.431 e. The first-order valence-corrected chi connectivity index (χ1v) is 10.1. The Morgan fingerprint density at radius 2 is 1.71 bits per heavy atom. The van der Waals surface area contributed by atoms with E-state index in [1.165, 1.54) is 5.56 Å². The van der Waals surface area contributed by atoms with Crippen LogP contribution in [0.2, 0.25) is 0 Å². The first-order valence-electron chi connectivity index (χ1n) is 10.1. The Bertz CT molecular complexity index is 864. The third kappa shape index (κ3) is 4.36. The summed E-state index contributed by atoms with van der Waals surface area (Å²) in [5.41, 5.74) is 5.49. The third-order valence-corrected chi connectivity index (χ3v) is 5.34. The molecule has 3 heteroatoms. The van der Waals surface area contributed by atoms with Gasteiger partial charge in [0.15, 0.2) is 6.10 Å². The SMILES string of the molecule is CCC(C)CC(=C(c1ccccc1)c1ccccc1C)C1OC(C)(C)OC1=O. The molecule has 0 spiro atoms. The second-order valence-electron chi connectivity index (χ2n) is 8.12. The van der Waals surface area contributed by atoms with Gasteiger partial charge in [-0.1, -0.05) is 74.9 Å². The van der Waals surface area contributed by atoms with E-state index in [4.69, 9.17) is 9.47 Å². The lowest BCUT2D eigenvalue weighted by molar-refractivity contribution is -0.160. The summed E-state index contributed by atoms with van der Waals surface area (Å²) in [5.74, 6) is -0.779. The van der Waals surface area contributed by atoms with Gasteiger partial charge in [-0.15, -0.1) is 0 Å². The van der Waals surface area contributed by atoms with Gasteiger partial charge in [-0.3, -0.25) is 0 Å². The van der Waals surface area contributed by atoms with Crippen LogP contribution < -0.4 is 0 Å². The van der Waals surface area contributed by atoms with Gasteiger partial charge in [0.1, 0.15) is 0 Å². The predicted octanol–water partition coefficient (Wildman–Crippen LogP) is 5.91. The van der Waals surface area contributed by atoms with Crippen LogP contribution in [0.1, 0.15) is 57.2 Å². The summed E-state index contributed by atoms with van der Waals surface area (Å²) in [4.78, 5) is 12.8. The van der Waals surface area contributed by atoms with Crippen LogP contribution in [0.4, 0.5) is 0 Å². The Kier molecular flexibility index (Phi) is 6.04. The molecule has 1 saturated heterocycles. The van der Waals surface area contributed by atoms with Crippen LogP contribution in [-0.4, -0.2) is 17.9 Å². The molecule has 2 aromatic carbocycles. The average molecular weight is 379 g/mol. The predicted molar refractivity (Wildman–Crippen MR) is 113 cm³/mol. The van der Waals surface area contributed by atoms with Gasteiger partial charge in [-0.2, -0.15) is 0 Å². The molecule has 1 fully saturated rings. The molecule has 0 amide bonds. The minimum atomic E-state index is -0.907. The van der Waals surface area contributed by atoms with E-state index >= 15 is 0 Å². The van der Waals surface area contributed by atoms with Crippen LogP contribution in [0, 0.1) is 12.8 Å². The van der Waals surface area contributed by atoms with Crippen LogP contribution in [0.3, 0.4) is 0 Å². The number of carbonyl (C=O) groups is 1. The van der Waals surface area contributed by atoms with Crippen molar-refractivity contribution in [2.24, 2.45) is 5.92 Å². The number of esters is 1. The first kappa shape index (κ1) is 20.3. The summed E-state index contributed by atoms with van der Waals surface area (Å²) in [7, 11) is 0. The highest BCUT2D eigenvalue weighted by Crippen LogP contribution is 2.39. The molecular formula is C25H30O3. The summed E-state index contributed by atoms with van der Waals surface area (Å²) in [6.07, 6.45) is 1.13. The number of hydrogen-bond acceptors (Lipinski definition) is 3. The van der Waals surface area contributed by atoms with Crippen LogP contribution in [0.15, 0.2) is 60.2 Å². The zero-order chi connectivity index (χ0) is 20.3. The molecule has 2 unspecified atom stereocenters. The zero-order valence-corrected chi connectivity index (χ0v) is 17.5. The van der Waals surface area contributed by atoms with Gasteiger partial charge >= 0.3 is 5.97 Å². The van der Waals surface area contributed by atoms with E-state index in [1.807, 2.05) is 30.3 Å². The van der Waals surface area contributed by atoms with Crippen molar-refractivity contribution >= 4 is 11.5 Å². The van der Waals surface area contributed by atoms with E-state index in [2.05, 4.69) is 45.0 Å². The second-order valence-corrected chi connectivity index (χ2v) is 8.12. The lowest BCUT2D eigenvalue weighted by atomic mass is 9.84. The van der Waals surface area contributed by atoms with Gasteiger partial charge in [-0.05, 0) is 47.1 Å². The maximum Gasteiger partial charge on any atom is 0.342 e. The Hall–Kier alpha value is -2.39. The first-order chi connectivity index (χ1) is 13.3. The minimum absolute atomic E-state index is 0.301. The highest BCUT2D eigenvalue weighted by molar-refractivity contribution is 5.90. The van der Waals surface area contributed by atoms with Crippen molar-refractivity contribution in [3.05, 3.63) is 76.9 Å². The van der Waals surface area contributed by atoms with E-state index in [0.29, 0.717) is 5.92 Å². The van der Waals surface area contributed by atoms with Crippen molar-refractivity contribution in [3.63, 3.8) is 0 Å². The molecule has 1 heterocycles. The summed E-state index contributed by atoms with van der Waals surface area (Å²) < 4.78 is 11.6. The zero-order valence-electron chi connectivity index (χ0n) is 17.5. The molecule has 2 atom stereocenters. The maximum atomic E-state index is 12.8. The van der Waals surface area contributed by atoms with Gasteiger partial charge in [-0.25, -0.2) is 4.79 Å². The summed E-state index contributed by atoms with van der Waals surface area (Å²) in [6.45, 7) is 10.1. The monoisotopic (exact) mass is 378 g/mol. The van der Waals surface area contributed by atoms with Crippen molar-refractivity contribution < 1.29 is 14.3 Å². The van der Waals surface area contributed by atoms with Crippen LogP contribution >= 0.6 is 0 Å². The van der Waals surface area contributed by atoms with Crippen molar-refractivity contribution in [3.8, 4) is 0 Å². The molecule has 0 N–H and O–H groups in total. The number of rotatable bonds is 6. The molecule has 0 bridgehead atoms. The van der Waals surface area contributed by atoms with E-state index in [1.54, 1.807) is 13.8 Å². The Morgan fingerprint density at radius 3 is 2.29 bits per heavy atom. The molecule has 3 rings (SSSR count). The molecule has 0 radical (unpaired) electrons. The van der Waals surface area contributed by atoms with E-state index in [9.17, 15) is 4.79 Å². The number of aryl methyl sites for hydroxylation is 1. The van der Waals surface area contributed by atoms with Gasteiger partial charge in [0.25, 0.3) is 0 Å². The quantitative estimate of drug-likeness (QED) is 0.586. The molecule has 1 aliphatic rings. The smallest absolute Gasteiger partial charge is 0.342 e. The molecule has 0 saturated carbocycles.